The van der Waals surface area contributed by atoms with Crippen LogP contribution >= 0.6 is 0 Å². The van der Waals surface area contributed by atoms with Crippen molar-refractivity contribution < 1.29 is 0 Å². The summed E-state index contributed by atoms with van der Waals surface area (Å²) < 4.78 is 1.46. The van der Waals surface area contributed by atoms with Crippen molar-refractivity contribution in [3.63, 3.8) is 0 Å². The smallest absolute Gasteiger partial charge is 0.272 e. The normalized spacial score (nSPS) is 11.8. The van der Waals surface area contributed by atoms with Gasteiger partial charge in [0.25, 0.3) is 5.56 Å². The number of hydrogen-bond donors (Lipinski definition) is 1. The summed E-state index contributed by atoms with van der Waals surface area (Å²) in [6, 6.07) is 3.41. The standard InChI is InChI=1S/C13H18N4O/c1-8-6-11(15-9(2)14-8)17-12(18)7-10(16-17)13(3,4)5/h6-7,16H,1-5H3. The fourth-order valence-corrected chi connectivity index (χ4v) is 1.76. The molecule has 0 bridgehead atoms. The summed E-state index contributed by atoms with van der Waals surface area (Å²) in [5, 5.41) is 3.11. The lowest BCUT2D eigenvalue weighted by molar-refractivity contribution is 0.559. The van der Waals surface area contributed by atoms with Gasteiger partial charge < -0.3 is 0 Å². The molecule has 2 heterocycles. The van der Waals surface area contributed by atoms with Crippen molar-refractivity contribution in [2.75, 3.05) is 0 Å². The van der Waals surface area contributed by atoms with Crippen LogP contribution in [0.15, 0.2) is 16.9 Å². The van der Waals surface area contributed by atoms with E-state index in [9.17, 15) is 4.79 Å². The largest absolute Gasteiger partial charge is 0.293 e. The second-order valence-electron chi connectivity index (χ2n) is 5.51. The Balaban J connectivity index is 2.58. The number of aromatic amines is 1. The van der Waals surface area contributed by atoms with E-state index in [2.05, 4.69) is 35.8 Å². The number of aryl methyl sites for hydroxylation is 2. The number of nitrogens with one attached hydrogen (secondary N) is 1. The molecule has 0 aliphatic rings. The van der Waals surface area contributed by atoms with Gasteiger partial charge in [-0.2, -0.15) is 0 Å². The number of hydrogen-bond acceptors (Lipinski definition) is 3. The molecule has 0 unspecified atom stereocenters. The van der Waals surface area contributed by atoms with Crippen LogP contribution in [0.4, 0.5) is 0 Å². The van der Waals surface area contributed by atoms with Gasteiger partial charge in [0.1, 0.15) is 5.82 Å². The van der Waals surface area contributed by atoms with Crippen LogP contribution in [0, 0.1) is 13.8 Å². The predicted molar refractivity (Wildman–Crippen MR) is 70.2 cm³/mol. The maximum absolute atomic E-state index is 12.0. The maximum Gasteiger partial charge on any atom is 0.272 e. The van der Waals surface area contributed by atoms with E-state index in [1.54, 1.807) is 12.1 Å². The van der Waals surface area contributed by atoms with Crippen LogP contribution in [0.5, 0.6) is 0 Å². The highest BCUT2D eigenvalue weighted by Gasteiger charge is 2.18. The van der Waals surface area contributed by atoms with Crippen molar-refractivity contribution in [3.05, 3.63) is 39.7 Å². The monoisotopic (exact) mass is 246 g/mol. The third-order valence-electron chi connectivity index (χ3n) is 2.71. The molecule has 0 atom stereocenters. The van der Waals surface area contributed by atoms with Gasteiger partial charge in [0, 0.05) is 28.9 Å². The first-order valence-electron chi connectivity index (χ1n) is 5.92. The Morgan fingerprint density at radius 2 is 1.83 bits per heavy atom. The summed E-state index contributed by atoms with van der Waals surface area (Å²) in [5.41, 5.74) is 1.54. The number of H-pyrrole nitrogens is 1. The lowest BCUT2D eigenvalue weighted by Gasteiger charge is -2.15. The van der Waals surface area contributed by atoms with Gasteiger partial charge in [0.15, 0.2) is 5.82 Å². The van der Waals surface area contributed by atoms with Crippen LogP contribution in [0.3, 0.4) is 0 Å². The van der Waals surface area contributed by atoms with E-state index in [-0.39, 0.29) is 11.0 Å². The molecule has 0 aromatic carbocycles. The van der Waals surface area contributed by atoms with Gasteiger partial charge in [0.05, 0.1) is 0 Å². The van der Waals surface area contributed by atoms with Gasteiger partial charge in [-0.3, -0.25) is 9.89 Å². The van der Waals surface area contributed by atoms with E-state index in [1.807, 2.05) is 13.8 Å². The topological polar surface area (TPSA) is 63.6 Å². The van der Waals surface area contributed by atoms with Gasteiger partial charge in [0.2, 0.25) is 0 Å². The van der Waals surface area contributed by atoms with Crippen LogP contribution in [-0.2, 0) is 5.41 Å². The Morgan fingerprint density at radius 3 is 2.33 bits per heavy atom. The molecule has 0 saturated carbocycles. The molecule has 0 saturated heterocycles. The van der Waals surface area contributed by atoms with E-state index in [0.717, 1.165) is 11.4 Å². The Kier molecular flexibility index (Phi) is 2.84. The van der Waals surface area contributed by atoms with Gasteiger partial charge in [-0.05, 0) is 13.8 Å². The minimum Gasteiger partial charge on any atom is -0.293 e. The number of nitrogens with zero attached hydrogens (tertiary/aromatic N) is 3. The average Bonchev–Trinajstić information content (AvgIpc) is 2.58. The minimum absolute atomic E-state index is 0.0957. The molecule has 0 fully saturated rings. The maximum atomic E-state index is 12.0. The Hall–Kier alpha value is -1.91. The number of aromatic nitrogens is 4. The van der Waals surface area contributed by atoms with Crippen molar-refractivity contribution in [2.45, 2.75) is 40.0 Å². The van der Waals surface area contributed by atoms with Crippen molar-refractivity contribution >= 4 is 0 Å². The Labute approximate surface area is 106 Å². The number of rotatable bonds is 1. The van der Waals surface area contributed by atoms with Gasteiger partial charge in [-0.1, -0.05) is 20.8 Å². The fourth-order valence-electron chi connectivity index (χ4n) is 1.76. The molecule has 18 heavy (non-hydrogen) atoms. The van der Waals surface area contributed by atoms with Gasteiger partial charge in [-0.25, -0.2) is 14.6 Å². The van der Waals surface area contributed by atoms with E-state index >= 15 is 0 Å². The van der Waals surface area contributed by atoms with Gasteiger partial charge in [-0.15, -0.1) is 0 Å². The first kappa shape index (κ1) is 12.5. The Bertz CT molecular complexity index is 611. The third-order valence-corrected chi connectivity index (χ3v) is 2.71. The minimum atomic E-state index is -0.0996. The lowest BCUT2D eigenvalue weighted by Crippen LogP contribution is -2.16. The molecule has 2 aromatic rings. The highest BCUT2D eigenvalue weighted by Crippen LogP contribution is 2.18. The summed E-state index contributed by atoms with van der Waals surface area (Å²) in [4.78, 5) is 20.5. The van der Waals surface area contributed by atoms with Crippen LogP contribution in [0.2, 0.25) is 0 Å². The zero-order valence-electron chi connectivity index (χ0n) is 11.4. The van der Waals surface area contributed by atoms with Crippen molar-refractivity contribution in [1.82, 2.24) is 19.7 Å². The first-order valence-corrected chi connectivity index (χ1v) is 5.92. The third kappa shape index (κ3) is 2.34. The fraction of sp³-hybridized carbons (Fsp3) is 0.462. The van der Waals surface area contributed by atoms with Crippen LogP contribution in [0.25, 0.3) is 5.82 Å². The quantitative estimate of drug-likeness (QED) is 0.835. The molecule has 0 aliphatic carbocycles. The molecular weight excluding hydrogens is 228 g/mol. The molecule has 0 aliphatic heterocycles. The summed E-state index contributed by atoms with van der Waals surface area (Å²) in [5.74, 6) is 1.24. The van der Waals surface area contributed by atoms with E-state index in [4.69, 9.17) is 0 Å². The average molecular weight is 246 g/mol. The zero-order valence-corrected chi connectivity index (χ0v) is 11.4. The van der Waals surface area contributed by atoms with Crippen LogP contribution < -0.4 is 5.56 Å². The Morgan fingerprint density at radius 1 is 1.17 bits per heavy atom. The van der Waals surface area contributed by atoms with E-state index in [0.29, 0.717) is 11.6 Å². The summed E-state index contributed by atoms with van der Waals surface area (Å²) >= 11 is 0. The molecule has 2 aromatic heterocycles. The van der Waals surface area contributed by atoms with Crippen molar-refractivity contribution in [3.8, 4) is 5.82 Å². The first-order chi connectivity index (χ1) is 8.27. The lowest BCUT2D eigenvalue weighted by atomic mass is 9.93. The van der Waals surface area contributed by atoms with Gasteiger partial charge >= 0.3 is 0 Å². The molecular formula is C13H18N4O. The highest BCUT2D eigenvalue weighted by molar-refractivity contribution is 5.25. The molecule has 5 heteroatoms. The second kappa shape index (κ2) is 4.08. The zero-order chi connectivity index (χ0) is 13.5. The summed E-state index contributed by atoms with van der Waals surface area (Å²) in [7, 11) is 0. The van der Waals surface area contributed by atoms with Crippen molar-refractivity contribution in [2.24, 2.45) is 0 Å². The molecule has 1 N–H and O–H groups in total. The predicted octanol–water partition coefficient (Wildman–Crippen LogP) is 1.87. The summed E-state index contributed by atoms with van der Waals surface area (Å²) in [6.45, 7) is 9.86. The summed E-state index contributed by atoms with van der Waals surface area (Å²) in [6.07, 6.45) is 0. The SMILES string of the molecule is Cc1cc(-n2[nH]c(C(C)(C)C)cc2=O)nc(C)n1. The molecule has 0 amide bonds. The van der Waals surface area contributed by atoms with Crippen LogP contribution in [-0.4, -0.2) is 19.7 Å². The molecule has 2 rings (SSSR count). The molecule has 0 radical (unpaired) electrons. The second-order valence-corrected chi connectivity index (χ2v) is 5.51. The van der Waals surface area contributed by atoms with Crippen LogP contribution in [0.1, 0.15) is 38.0 Å². The molecule has 96 valence electrons. The molecule has 0 spiro atoms. The van der Waals surface area contributed by atoms with Crippen molar-refractivity contribution in [1.29, 1.82) is 0 Å². The van der Waals surface area contributed by atoms with E-state index < -0.39 is 0 Å². The molecule has 5 nitrogen and oxygen atoms in total. The highest BCUT2D eigenvalue weighted by atomic mass is 16.1. The van der Waals surface area contributed by atoms with E-state index in [1.165, 1.54) is 4.68 Å².